The van der Waals surface area contributed by atoms with Crippen molar-refractivity contribution >= 4 is 44.6 Å². The van der Waals surface area contributed by atoms with E-state index in [0.717, 1.165) is 5.56 Å². The minimum absolute atomic E-state index is 0.140. The summed E-state index contributed by atoms with van der Waals surface area (Å²) in [6, 6.07) is 4.58. The molecular weight excluding hydrogens is 373 g/mol. The van der Waals surface area contributed by atoms with Gasteiger partial charge >= 0.3 is 5.97 Å². The van der Waals surface area contributed by atoms with Crippen molar-refractivity contribution in [3.63, 3.8) is 0 Å². The lowest BCUT2D eigenvalue weighted by Gasteiger charge is -1.98. The number of hydrogen-bond donors (Lipinski definition) is 1. The zero-order chi connectivity index (χ0) is 15.9. The number of esters is 1. The minimum atomic E-state index is -0.325. The largest absolute Gasteiger partial charge is 0.466 e. The molecule has 0 aliphatic heterocycles. The molecule has 5 nitrogen and oxygen atoms in total. The molecule has 22 heavy (non-hydrogen) atoms. The van der Waals surface area contributed by atoms with Crippen molar-refractivity contribution in [1.29, 1.82) is 0 Å². The van der Waals surface area contributed by atoms with Crippen molar-refractivity contribution in [2.45, 2.75) is 13.3 Å². The van der Waals surface area contributed by atoms with Crippen LogP contribution in [0, 0.1) is 5.82 Å². The SMILES string of the molecule is CCOC(=O)Cc1csc(NN=Cc2ccc(F)c(Br)c2)n1. The van der Waals surface area contributed by atoms with Crippen molar-refractivity contribution in [3.05, 3.63) is 45.1 Å². The van der Waals surface area contributed by atoms with Crippen LogP contribution in [0.1, 0.15) is 18.2 Å². The Balaban J connectivity index is 1.91. The summed E-state index contributed by atoms with van der Waals surface area (Å²) in [6.45, 7) is 2.11. The van der Waals surface area contributed by atoms with Gasteiger partial charge in [0.2, 0.25) is 5.13 Å². The molecule has 0 unspecified atom stereocenters. The maximum atomic E-state index is 13.1. The summed E-state index contributed by atoms with van der Waals surface area (Å²) in [7, 11) is 0. The van der Waals surface area contributed by atoms with Gasteiger partial charge in [-0.15, -0.1) is 11.3 Å². The van der Waals surface area contributed by atoms with E-state index in [2.05, 4.69) is 31.4 Å². The Morgan fingerprint density at radius 1 is 1.59 bits per heavy atom. The van der Waals surface area contributed by atoms with Crippen molar-refractivity contribution in [2.75, 3.05) is 12.0 Å². The predicted molar refractivity (Wildman–Crippen MR) is 87.8 cm³/mol. The van der Waals surface area contributed by atoms with Crippen LogP contribution in [-0.4, -0.2) is 23.8 Å². The van der Waals surface area contributed by atoms with Crippen molar-refractivity contribution < 1.29 is 13.9 Å². The molecule has 0 spiro atoms. The first-order chi connectivity index (χ1) is 10.6. The van der Waals surface area contributed by atoms with Crippen molar-refractivity contribution in [3.8, 4) is 0 Å². The van der Waals surface area contributed by atoms with Crippen LogP contribution in [-0.2, 0) is 16.0 Å². The third-order valence-electron chi connectivity index (χ3n) is 2.50. The number of carbonyl (C=O) groups excluding carboxylic acids is 1. The van der Waals surface area contributed by atoms with Crippen LogP contribution in [0.4, 0.5) is 9.52 Å². The van der Waals surface area contributed by atoms with Gasteiger partial charge in [0.05, 0.1) is 29.4 Å². The highest BCUT2D eigenvalue weighted by atomic mass is 79.9. The first kappa shape index (κ1) is 16.6. The number of thiazole rings is 1. The summed E-state index contributed by atoms with van der Waals surface area (Å²) in [5, 5.41) is 6.36. The maximum Gasteiger partial charge on any atom is 0.311 e. The lowest BCUT2D eigenvalue weighted by Crippen LogP contribution is -2.07. The van der Waals surface area contributed by atoms with Crippen LogP contribution in [0.25, 0.3) is 0 Å². The fraction of sp³-hybridized carbons (Fsp3) is 0.214. The normalized spacial score (nSPS) is 10.9. The van der Waals surface area contributed by atoms with Gasteiger partial charge in [0.25, 0.3) is 0 Å². The molecule has 1 N–H and O–H groups in total. The zero-order valence-corrected chi connectivity index (χ0v) is 14.1. The first-order valence-corrected chi connectivity index (χ1v) is 8.10. The number of hydrogen-bond acceptors (Lipinski definition) is 6. The molecule has 0 radical (unpaired) electrons. The summed E-state index contributed by atoms with van der Waals surface area (Å²) in [4.78, 5) is 15.6. The fourth-order valence-corrected chi connectivity index (χ4v) is 2.61. The second-order valence-corrected chi connectivity index (χ2v) is 5.88. The van der Waals surface area contributed by atoms with Crippen LogP contribution >= 0.6 is 27.3 Å². The lowest BCUT2D eigenvalue weighted by molar-refractivity contribution is -0.142. The van der Waals surface area contributed by atoms with E-state index in [1.54, 1.807) is 30.7 Å². The molecule has 0 bridgehead atoms. The van der Waals surface area contributed by atoms with Crippen LogP contribution in [0.15, 0.2) is 33.2 Å². The Hall–Kier alpha value is -1.80. The lowest BCUT2D eigenvalue weighted by atomic mass is 10.2. The highest BCUT2D eigenvalue weighted by Crippen LogP contribution is 2.17. The predicted octanol–water partition coefficient (Wildman–Crippen LogP) is 3.60. The molecule has 1 heterocycles. The monoisotopic (exact) mass is 385 g/mol. The van der Waals surface area contributed by atoms with Crippen LogP contribution in [0.3, 0.4) is 0 Å². The Morgan fingerprint density at radius 2 is 2.41 bits per heavy atom. The van der Waals surface area contributed by atoms with E-state index in [4.69, 9.17) is 4.74 Å². The summed E-state index contributed by atoms with van der Waals surface area (Å²) < 4.78 is 18.3. The molecule has 0 atom stereocenters. The average molecular weight is 386 g/mol. The van der Waals surface area contributed by atoms with E-state index in [1.165, 1.54) is 17.4 Å². The topological polar surface area (TPSA) is 63.6 Å². The number of aromatic nitrogens is 1. The summed E-state index contributed by atoms with van der Waals surface area (Å²) in [5.74, 6) is -0.632. The smallest absolute Gasteiger partial charge is 0.311 e. The number of nitrogens with one attached hydrogen (secondary N) is 1. The standard InChI is InChI=1S/C14H13BrFN3O2S/c1-2-21-13(20)6-10-8-22-14(18-10)19-17-7-9-3-4-12(16)11(15)5-9/h3-5,7-8H,2,6H2,1H3,(H,18,19). The summed E-state index contributed by atoms with van der Waals surface area (Å²) in [6.07, 6.45) is 1.69. The number of rotatable bonds is 6. The van der Waals surface area contributed by atoms with Crippen LogP contribution < -0.4 is 5.43 Å². The molecule has 0 aliphatic carbocycles. The second kappa shape index (κ2) is 8.00. The third-order valence-corrected chi connectivity index (χ3v) is 3.90. The van der Waals surface area contributed by atoms with E-state index in [1.807, 2.05) is 0 Å². The van der Waals surface area contributed by atoms with E-state index in [0.29, 0.717) is 21.9 Å². The minimum Gasteiger partial charge on any atom is -0.466 e. The Bertz CT molecular complexity index is 690. The molecule has 1 aromatic heterocycles. The molecule has 2 rings (SSSR count). The number of ether oxygens (including phenoxy) is 1. The molecule has 0 amide bonds. The number of nitrogens with zero attached hydrogens (tertiary/aromatic N) is 2. The summed E-state index contributed by atoms with van der Waals surface area (Å²) in [5.41, 5.74) is 4.14. The average Bonchev–Trinajstić information content (AvgIpc) is 2.90. The zero-order valence-electron chi connectivity index (χ0n) is 11.7. The van der Waals surface area contributed by atoms with Crippen LogP contribution in [0.5, 0.6) is 0 Å². The van der Waals surface area contributed by atoms with Crippen molar-refractivity contribution in [1.82, 2.24) is 4.98 Å². The van der Waals surface area contributed by atoms with Gasteiger partial charge in [-0.3, -0.25) is 10.2 Å². The Morgan fingerprint density at radius 3 is 3.14 bits per heavy atom. The first-order valence-electron chi connectivity index (χ1n) is 6.42. The molecule has 0 fully saturated rings. The molecule has 0 aliphatic rings. The van der Waals surface area contributed by atoms with E-state index < -0.39 is 0 Å². The van der Waals surface area contributed by atoms with Crippen molar-refractivity contribution in [2.24, 2.45) is 5.10 Å². The molecule has 2 aromatic rings. The van der Waals surface area contributed by atoms with Gasteiger partial charge in [-0.1, -0.05) is 6.07 Å². The third kappa shape index (κ3) is 4.88. The molecular formula is C14H13BrFN3O2S. The molecule has 0 saturated carbocycles. The number of halogens is 2. The molecule has 8 heteroatoms. The number of hydrazone groups is 1. The Kier molecular flexibility index (Phi) is 6.02. The molecule has 1 aromatic carbocycles. The van der Waals surface area contributed by atoms with Gasteiger partial charge < -0.3 is 4.74 Å². The summed E-state index contributed by atoms with van der Waals surface area (Å²) >= 11 is 4.45. The van der Waals surface area contributed by atoms with E-state index in [-0.39, 0.29) is 18.2 Å². The van der Waals surface area contributed by atoms with Gasteiger partial charge in [0, 0.05) is 5.38 Å². The number of benzene rings is 1. The van der Waals surface area contributed by atoms with Gasteiger partial charge in [0.1, 0.15) is 5.82 Å². The highest BCUT2D eigenvalue weighted by molar-refractivity contribution is 9.10. The number of anilines is 1. The molecule has 0 saturated heterocycles. The van der Waals surface area contributed by atoms with Gasteiger partial charge in [-0.05, 0) is 40.5 Å². The fourth-order valence-electron chi connectivity index (χ4n) is 1.55. The number of carbonyl (C=O) groups is 1. The van der Waals surface area contributed by atoms with Gasteiger partial charge in [0.15, 0.2) is 0 Å². The molecule has 116 valence electrons. The van der Waals surface area contributed by atoms with Crippen LogP contribution in [0.2, 0.25) is 0 Å². The highest BCUT2D eigenvalue weighted by Gasteiger charge is 2.07. The van der Waals surface area contributed by atoms with Gasteiger partial charge in [-0.25, -0.2) is 9.37 Å². The van der Waals surface area contributed by atoms with E-state index in [9.17, 15) is 9.18 Å². The van der Waals surface area contributed by atoms with E-state index >= 15 is 0 Å². The second-order valence-electron chi connectivity index (χ2n) is 4.17. The Labute approximate surface area is 139 Å². The van der Waals surface area contributed by atoms with Gasteiger partial charge in [-0.2, -0.15) is 5.10 Å². The quantitative estimate of drug-likeness (QED) is 0.468. The maximum absolute atomic E-state index is 13.1.